The number of aromatic nitrogens is 1. The lowest BCUT2D eigenvalue weighted by Crippen LogP contribution is -2.16. The van der Waals surface area contributed by atoms with Gasteiger partial charge in [-0.25, -0.2) is 9.18 Å². The number of anilines is 1. The molecule has 190 valence electrons. The van der Waals surface area contributed by atoms with Crippen LogP contribution in [0.1, 0.15) is 16.9 Å². The molecule has 0 aliphatic heterocycles. The summed E-state index contributed by atoms with van der Waals surface area (Å²) in [6, 6.07) is 19.3. The van der Waals surface area contributed by atoms with Crippen LogP contribution in [-0.4, -0.2) is 36.0 Å². The highest BCUT2D eigenvalue weighted by Gasteiger charge is 2.18. The quantitative estimate of drug-likeness (QED) is 0.293. The molecule has 0 fully saturated rings. The number of carbonyl (C=O) groups is 2. The third-order valence-corrected chi connectivity index (χ3v) is 5.76. The van der Waals surface area contributed by atoms with Crippen LogP contribution in [0.4, 0.5) is 14.9 Å². The molecule has 4 rings (SSSR count). The molecule has 1 heterocycles. The van der Waals surface area contributed by atoms with E-state index < -0.39 is 17.9 Å². The summed E-state index contributed by atoms with van der Waals surface area (Å²) in [6.45, 7) is 1.65. The molecule has 37 heavy (non-hydrogen) atoms. The van der Waals surface area contributed by atoms with Crippen LogP contribution in [0.15, 0.2) is 71.3 Å². The summed E-state index contributed by atoms with van der Waals surface area (Å²) in [4.78, 5) is 23.3. The lowest BCUT2D eigenvalue weighted by atomic mass is 10.0. The molecule has 1 amide bonds. The van der Waals surface area contributed by atoms with Gasteiger partial charge in [-0.1, -0.05) is 59.8 Å². The molecule has 0 unspecified atom stereocenters. The number of carbonyl (C=O) groups excluding carboxylic acids is 1. The highest BCUT2D eigenvalue weighted by Crippen LogP contribution is 2.32. The predicted octanol–water partition coefficient (Wildman–Crippen LogP) is 5.88. The van der Waals surface area contributed by atoms with Crippen LogP contribution in [0.3, 0.4) is 0 Å². The molecule has 2 N–H and O–H groups in total. The third-order valence-electron chi connectivity index (χ3n) is 5.76. The number of ether oxygens (including phenoxy) is 2. The Bertz CT molecular complexity index is 1400. The van der Waals surface area contributed by atoms with Crippen molar-refractivity contribution in [2.45, 2.75) is 19.8 Å². The van der Waals surface area contributed by atoms with Gasteiger partial charge in [0.2, 0.25) is 0 Å². The average Bonchev–Trinajstić information content (AvgIpc) is 3.25. The zero-order chi connectivity index (χ0) is 26.4. The van der Waals surface area contributed by atoms with Gasteiger partial charge in [-0.05, 0) is 35.2 Å². The Balaban J connectivity index is 1.39. The molecular formula is C28H25FN2O6. The Labute approximate surface area is 212 Å². The Morgan fingerprint density at radius 2 is 1.65 bits per heavy atom. The minimum absolute atomic E-state index is 0.0192. The Morgan fingerprint density at radius 1 is 1.00 bits per heavy atom. The first-order valence-corrected chi connectivity index (χ1v) is 11.5. The van der Waals surface area contributed by atoms with E-state index in [0.29, 0.717) is 28.5 Å². The van der Waals surface area contributed by atoms with Gasteiger partial charge < -0.3 is 19.1 Å². The number of carboxylic acid groups (broad SMARTS) is 1. The second-order valence-corrected chi connectivity index (χ2v) is 8.28. The second-order valence-electron chi connectivity index (χ2n) is 8.28. The first kappa shape index (κ1) is 25.4. The number of carboxylic acids is 1. The summed E-state index contributed by atoms with van der Waals surface area (Å²) >= 11 is 0. The maximum Gasteiger partial charge on any atom is 0.411 e. The van der Waals surface area contributed by atoms with Gasteiger partial charge in [0, 0.05) is 18.1 Å². The van der Waals surface area contributed by atoms with Crippen molar-refractivity contribution in [3.63, 3.8) is 0 Å². The van der Waals surface area contributed by atoms with Crippen molar-refractivity contribution in [1.29, 1.82) is 0 Å². The van der Waals surface area contributed by atoms with Gasteiger partial charge in [-0.3, -0.25) is 10.1 Å². The molecule has 3 aromatic carbocycles. The summed E-state index contributed by atoms with van der Waals surface area (Å²) < 4.78 is 29.6. The SMILES string of the molecule is COc1ccc(CCOC(=O)Nc2c(-c3ccc(-c4ccc(CC(=O)O)cc4)cc3)noc2C)c(F)c1. The largest absolute Gasteiger partial charge is 0.497 e. The van der Waals surface area contributed by atoms with E-state index in [-0.39, 0.29) is 19.4 Å². The monoisotopic (exact) mass is 504 g/mol. The number of amides is 1. The second kappa shape index (κ2) is 11.4. The summed E-state index contributed by atoms with van der Waals surface area (Å²) in [5.74, 6) is -0.483. The van der Waals surface area contributed by atoms with E-state index in [9.17, 15) is 14.0 Å². The predicted molar refractivity (Wildman–Crippen MR) is 135 cm³/mol. The summed E-state index contributed by atoms with van der Waals surface area (Å²) in [6.07, 6.45) is -0.529. The number of nitrogens with zero attached hydrogens (tertiary/aromatic N) is 1. The Hall–Kier alpha value is -4.66. The third kappa shape index (κ3) is 6.32. The lowest BCUT2D eigenvalue weighted by Gasteiger charge is -2.09. The maximum absolute atomic E-state index is 14.1. The number of hydrogen-bond donors (Lipinski definition) is 2. The number of halogens is 1. The van der Waals surface area contributed by atoms with Crippen LogP contribution in [0.5, 0.6) is 5.75 Å². The molecule has 0 aliphatic carbocycles. The molecule has 0 spiro atoms. The van der Waals surface area contributed by atoms with Crippen molar-refractivity contribution in [2.24, 2.45) is 0 Å². The fourth-order valence-corrected chi connectivity index (χ4v) is 3.78. The summed E-state index contributed by atoms with van der Waals surface area (Å²) in [5.41, 5.74) is 4.55. The lowest BCUT2D eigenvalue weighted by molar-refractivity contribution is -0.136. The van der Waals surface area contributed by atoms with Crippen LogP contribution in [0.25, 0.3) is 22.4 Å². The van der Waals surface area contributed by atoms with Crippen molar-refractivity contribution in [1.82, 2.24) is 5.16 Å². The van der Waals surface area contributed by atoms with Gasteiger partial charge in [0.15, 0.2) is 5.76 Å². The molecule has 0 radical (unpaired) electrons. The smallest absolute Gasteiger partial charge is 0.411 e. The standard InChI is InChI=1S/C28H25FN2O6/c1-17-26(30-28(34)36-14-13-21-11-12-23(35-2)16-24(21)29)27(31-37-17)22-9-7-20(8-10-22)19-5-3-18(4-6-19)15-25(32)33/h3-12,16H,13-15H2,1-2H3,(H,30,34)(H,32,33). The van der Waals surface area contributed by atoms with Crippen LogP contribution < -0.4 is 10.1 Å². The van der Waals surface area contributed by atoms with Gasteiger partial charge in [0.25, 0.3) is 0 Å². The molecular weight excluding hydrogens is 479 g/mol. The van der Waals surface area contributed by atoms with E-state index >= 15 is 0 Å². The van der Waals surface area contributed by atoms with Crippen molar-refractivity contribution in [2.75, 3.05) is 19.0 Å². The molecule has 9 heteroatoms. The number of methoxy groups -OCH3 is 1. The topological polar surface area (TPSA) is 111 Å². The maximum atomic E-state index is 14.1. The zero-order valence-corrected chi connectivity index (χ0v) is 20.3. The molecule has 0 saturated carbocycles. The number of rotatable bonds is 9. The fraction of sp³-hybridized carbons (Fsp3) is 0.179. The fourth-order valence-electron chi connectivity index (χ4n) is 3.78. The molecule has 8 nitrogen and oxygen atoms in total. The Morgan fingerprint density at radius 3 is 2.27 bits per heavy atom. The summed E-state index contributed by atoms with van der Waals surface area (Å²) in [5, 5.41) is 15.7. The number of hydrogen-bond acceptors (Lipinski definition) is 6. The van der Waals surface area contributed by atoms with E-state index in [0.717, 1.165) is 22.3 Å². The number of aliphatic carboxylic acids is 1. The molecule has 0 saturated heterocycles. The van der Waals surface area contributed by atoms with Crippen molar-refractivity contribution < 1.29 is 33.1 Å². The number of nitrogens with one attached hydrogen (secondary N) is 1. The normalized spacial score (nSPS) is 10.7. The first-order chi connectivity index (χ1) is 17.8. The highest BCUT2D eigenvalue weighted by atomic mass is 19.1. The minimum atomic E-state index is -0.876. The van der Waals surface area contributed by atoms with E-state index in [2.05, 4.69) is 10.5 Å². The van der Waals surface area contributed by atoms with Crippen molar-refractivity contribution >= 4 is 17.7 Å². The van der Waals surface area contributed by atoms with E-state index in [1.807, 2.05) is 36.4 Å². The van der Waals surface area contributed by atoms with Crippen LogP contribution in [0, 0.1) is 12.7 Å². The van der Waals surface area contributed by atoms with E-state index in [1.165, 1.54) is 13.2 Å². The van der Waals surface area contributed by atoms with E-state index in [4.69, 9.17) is 19.1 Å². The summed E-state index contributed by atoms with van der Waals surface area (Å²) in [7, 11) is 1.46. The molecule has 0 atom stereocenters. The molecule has 1 aromatic heterocycles. The van der Waals surface area contributed by atoms with Gasteiger partial charge in [-0.15, -0.1) is 0 Å². The van der Waals surface area contributed by atoms with E-state index in [1.54, 1.807) is 31.2 Å². The highest BCUT2D eigenvalue weighted by molar-refractivity contribution is 5.91. The van der Waals surface area contributed by atoms with Crippen LogP contribution >= 0.6 is 0 Å². The molecule has 0 bridgehead atoms. The molecule has 4 aromatic rings. The number of benzene rings is 3. The Kier molecular flexibility index (Phi) is 7.83. The van der Waals surface area contributed by atoms with Crippen LogP contribution in [0.2, 0.25) is 0 Å². The first-order valence-electron chi connectivity index (χ1n) is 11.5. The number of aryl methyl sites for hydroxylation is 1. The van der Waals surface area contributed by atoms with Crippen molar-refractivity contribution in [3.05, 3.63) is 89.4 Å². The average molecular weight is 505 g/mol. The van der Waals surface area contributed by atoms with Crippen molar-refractivity contribution in [3.8, 4) is 28.1 Å². The minimum Gasteiger partial charge on any atom is -0.497 e. The molecule has 0 aliphatic rings. The zero-order valence-electron chi connectivity index (χ0n) is 20.3. The van der Waals surface area contributed by atoms with Gasteiger partial charge in [0.05, 0.1) is 20.1 Å². The van der Waals surface area contributed by atoms with Crippen LogP contribution in [-0.2, 0) is 22.4 Å². The van der Waals surface area contributed by atoms with Gasteiger partial charge >= 0.3 is 12.1 Å². The van der Waals surface area contributed by atoms with Gasteiger partial charge in [0.1, 0.15) is 22.9 Å². The van der Waals surface area contributed by atoms with Gasteiger partial charge in [-0.2, -0.15) is 0 Å².